The Labute approximate surface area is 405 Å². The zero-order valence-electron chi connectivity index (χ0n) is 46.3. The van der Waals surface area contributed by atoms with E-state index < -0.39 is 0 Å². The van der Waals surface area contributed by atoms with E-state index >= 15 is 0 Å². The van der Waals surface area contributed by atoms with Crippen LogP contribution in [0, 0.1) is 0 Å². The van der Waals surface area contributed by atoms with Gasteiger partial charge in [-0.15, -0.1) is 0 Å². The van der Waals surface area contributed by atoms with Crippen molar-refractivity contribution in [1.29, 1.82) is 0 Å². The van der Waals surface area contributed by atoms with Gasteiger partial charge in [0, 0.05) is 0 Å². The summed E-state index contributed by atoms with van der Waals surface area (Å²) in [5.74, 6) is 1.29. The van der Waals surface area contributed by atoms with Crippen LogP contribution in [0.1, 0.15) is 267 Å². The number of phenols is 3. The van der Waals surface area contributed by atoms with Gasteiger partial charge in [0.05, 0.1) is 0 Å². The average molecular weight is 901 g/mol. The van der Waals surface area contributed by atoms with E-state index in [1.165, 1.54) is 50.1 Å². The van der Waals surface area contributed by atoms with Crippen LogP contribution in [0.5, 0.6) is 17.2 Å². The van der Waals surface area contributed by atoms with E-state index in [-0.39, 0.29) is 32.5 Å². The largest absolute Gasteiger partial charge is 0.507 e. The molecule has 3 nitrogen and oxygen atoms in total. The molecule has 0 radical (unpaired) electrons. The minimum absolute atomic E-state index is 0.237. The summed E-state index contributed by atoms with van der Waals surface area (Å²) >= 11 is 0. The summed E-state index contributed by atoms with van der Waals surface area (Å²) in [5, 5.41) is 35.8. The SMILES string of the molecule is CCCCc1c(Cc2cc(C(C)(C)C)c(O)c(C(C)(C)C)c2)c(CCCC)c(Cc2cc(C(C)(C)C)c(O)c(C(C)(C)C)c2)c(CCCC)c1Cc1cc(C(C)(C)C)c(O)c(C(C)(C)C)c1. The Hall–Kier alpha value is -3.72. The molecular weight excluding hydrogens is 805 g/mol. The minimum atomic E-state index is -0.237. The molecule has 0 spiro atoms. The summed E-state index contributed by atoms with van der Waals surface area (Å²) in [7, 11) is 0. The Kier molecular flexibility index (Phi) is 17.0. The van der Waals surface area contributed by atoms with Crippen LogP contribution in [0.2, 0.25) is 0 Å². The lowest BCUT2D eigenvalue weighted by Gasteiger charge is -2.32. The molecule has 0 aliphatic rings. The van der Waals surface area contributed by atoms with Crippen LogP contribution in [0.4, 0.5) is 0 Å². The highest BCUT2D eigenvalue weighted by Crippen LogP contribution is 2.46. The van der Waals surface area contributed by atoms with Crippen molar-refractivity contribution in [2.24, 2.45) is 0 Å². The van der Waals surface area contributed by atoms with E-state index in [1.807, 2.05) is 0 Å². The van der Waals surface area contributed by atoms with Crippen LogP contribution >= 0.6 is 0 Å². The summed E-state index contributed by atoms with van der Waals surface area (Å²) in [5.41, 5.74) is 17.4. The second-order valence-electron chi connectivity index (χ2n) is 26.3. The predicted octanol–water partition coefficient (Wildman–Crippen LogP) is 17.4. The average Bonchev–Trinajstić information content (AvgIpc) is 3.16. The zero-order valence-corrected chi connectivity index (χ0v) is 46.3. The fourth-order valence-electron chi connectivity index (χ4n) is 10.1. The van der Waals surface area contributed by atoms with Crippen molar-refractivity contribution >= 4 is 0 Å². The van der Waals surface area contributed by atoms with Gasteiger partial charge in [0.25, 0.3) is 0 Å². The van der Waals surface area contributed by atoms with Crippen LogP contribution < -0.4 is 0 Å². The highest BCUT2D eigenvalue weighted by Gasteiger charge is 2.32. The fourth-order valence-corrected chi connectivity index (χ4v) is 10.1. The Morgan fingerprint density at radius 2 is 0.455 bits per heavy atom. The van der Waals surface area contributed by atoms with Gasteiger partial charge in [-0.05, 0) is 174 Å². The van der Waals surface area contributed by atoms with Crippen LogP contribution in [0.15, 0.2) is 36.4 Å². The van der Waals surface area contributed by atoms with Gasteiger partial charge in [-0.25, -0.2) is 0 Å². The monoisotopic (exact) mass is 901 g/mol. The molecular formula is C63H96O3. The normalized spacial score (nSPS) is 13.2. The summed E-state index contributed by atoms with van der Waals surface area (Å²) in [6.45, 7) is 47.0. The third-order valence-electron chi connectivity index (χ3n) is 14.0. The molecule has 0 unspecified atom stereocenters. The molecule has 3 N–H and O–H groups in total. The molecule has 0 heterocycles. The lowest BCUT2D eigenvalue weighted by molar-refractivity contribution is 0.422. The quantitative estimate of drug-likeness (QED) is 0.111. The van der Waals surface area contributed by atoms with Gasteiger partial charge in [-0.1, -0.05) is 201 Å². The fraction of sp³-hybridized carbons (Fsp3) is 0.619. The molecule has 4 rings (SSSR count). The van der Waals surface area contributed by atoms with E-state index in [9.17, 15) is 15.3 Å². The standard InChI is InChI=1S/C63H96O3/c1-22-25-28-43-46(31-40-34-49(58(4,5)6)55(64)50(35-40)59(7,8)9)44(29-26-23-2)48(33-42-38-53(62(16,17)18)57(66)54(39-42)63(19,20)21)45(30-27-24-3)47(43)32-41-36-51(60(10,11)12)56(65)52(37-41)61(13,14)15/h34-39,64-66H,22-33H2,1-21H3. The van der Waals surface area contributed by atoms with Crippen LogP contribution in [-0.4, -0.2) is 15.3 Å². The lowest BCUT2D eigenvalue weighted by atomic mass is 9.73. The first kappa shape index (κ1) is 54.9. The number of hydrogen-bond donors (Lipinski definition) is 3. The number of benzene rings is 4. The third-order valence-corrected chi connectivity index (χ3v) is 14.0. The topological polar surface area (TPSA) is 60.7 Å². The van der Waals surface area contributed by atoms with Crippen molar-refractivity contribution in [3.8, 4) is 17.2 Å². The van der Waals surface area contributed by atoms with E-state index in [0.29, 0.717) is 17.2 Å². The molecule has 4 aromatic carbocycles. The number of aromatic hydroxyl groups is 3. The van der Waals surface area contributed by atoms with E-state index in [0.717, 1.165) is 110 Å². The van der Waals surface area contributed by atoms with Crippen molar-refractivity contribution in [2.45, 2.75) is 255 Å². The van der Waals surface area contributed by atoms with Crippen LogP contribution in [0.25, 0.3) is 0 Å². The Morgan fingerprint density at radius 3 is 0.591 bits per heavy atom. The van der Waals surface area contributed by atoms with E-state index in [2.05, 4.69) is 182 Å². The summed E-state index contributed by atoms with van der Waals surface area (Å²) in [6.07, 6.45) is 12.1. The van der Waals surface area contributed by atoms with Crippen molar-refractivity contribution in [3.05, 3.63) is 120 Å². The molecule has 0 fully saturated rings. The summed E-state index contributed by atoms with van der Waals surface area (Å²) in [6, 6.07) is 13.9. The van der Waals surface area contributed by atoms with Gasteiger partial charge in [0.1, 0.15) is 17.2 Å². The molecule has 0 bridgehead atoms. The first-order chi connectivity index (χ1) is 30.2. The van der Waals surface area contributed by atoms with Crippen molar-refractivity contribution < 1.29 is 15.3 Å². The molecule has 0 aromatic heterocycles. The van der Waals surface area contributed by atoms with Gasteiger partial charge >= 0.3 is 0 Å². The van der Waals surface area contributed by atoms with Gasteiger partial charge in [0.15, 0.2) is 0 Å². The van der Waals surface area contributed by atoms with E-state index in [1.54, 1.807) is 0 Å². The highest BCUT2D eigenvalue weighted by atomic mass is 16.3. The Balaban J connectivity index is 2.34. The van der Waals surface area contributed by atoms with Crippen LogP contribution in [0.3, 0.4) is 0 Å². The van der Waals surface area contributed by atoms with Gasteiger partial charge < -0.3 is 15.3 Å². The number of hydrogen-bond acceptors (Lipinski definition) is 3. The molecule has 0 aliphatic carbocycles. The first-order valence-corrected chi connectivity index (χ1v) is 25.9. The molecule has 3 heteroatoms. The molecule has 0 saturated heterocycles. The second kappa shape index (κ2) is 20.5. The highest BCUT2D eigenvalue weighted by molar-refractivity contribution is 5.60. The predicted molar refractivity (Wildman–Crippen MR) is 287 cm³/mol. The number of rotatable bonds is 15. The molecule has 0 atom stereocenters. The van der Waals surface area contributed by atoms with E-state index in [4.69, 9.17) is 0 Å². The maximum Gasteiger partial charge on any atom is 0.123 e. The first-order valence-electron chi connectivity index (χ1n) is 25.9. The smallest absolute Gasteiger partial charge is 0.123 e. The van der Waals surface area contributed by atoms with Crippen molar-refractivity contribution in [1.82, 2.24) is 0 Å². The Bertz CT molecular complexity index is 1920. The van der Waals surface area contributed by atoms with Gasteiger partial charge in [0.2, 0.25) is 0 Å². The third kappa shape index (κ3) is 12.9. The summed E-state index contributed by atoms with van der Waals surface area (Å²) in [4.78, 5) is 0. The van der Waals surface area contributed by atoms with Gasteiger partial charge in [-0.3, -0.25) is 0 Å². The zero-order chi connectivity index (χ0) is 50.1. The number of unbranched alkanes of at least 4 members (excludes halogenated alkanes) is 3. The molecule has 366 valence electrons. The minimum Gasteiger partial charge on any atom is -0.507 e. The molecule has 0 saturated carbocycles. The van der Waals surface area contributed by atoms with Crippen molar-refractivity contribution in [3.63, 3.8) is 0 Å². The van der Waals surface area contributed by atoms with Gasteiger partial charge in [-0.2, -0.15) is 0 Å². The molecule has 0 amide bonds. The maximum atomic E-state index is 11.9. The summed E-state index contributed by atoms with van der Waals surface area (Å²) < 4.78 is 0. The Morgan fingerprint density at radius 1 is 0.288 bits per heavy atom. The molecule has 4 aromatic rings. The second-order valence-corrected chi connectivity index (χ2v) is 26.3. The maximum absolute atomic E-state index is 11.9. The molecule has 66 heavy (non-hydrogen) atoms. The number of phenolic OH excluding ortho intramolecular Hbond substituents is 3. The van der Waals surface area contributed by atoms with Crippen LogP contribution in [-0.2, 0) is 71.0 Å². The molecule has 0 aliphatic heterocycles. The lowest BCUT2D eigenvalue weighted by Crippen LogP contribution is -2.20. The van der Waals surface area contributed by atoms with Crippen molar-refractivity contribution in [2.75, 3.05) is 0 Å².